The molecule has 0 spiro atoms. The molecule has 1 aliphatic carbocycles. The van der Waals surface area contributed by atoms with E-state index in [2.05, 4.69) is 37.8 Å². The van der Waals surface area contributed by atoms with Crippen molar-refractivity contribution in [3.05, 3.63) is 48.1 Å². The minimum absolute atomic E-state index is 1.09. The van der Waals surface area contributed by atoms with Gasteiger partial charge in [-0.05, 0) is 24.0 Å². The summed E-state index contributed by atoms with van der Waals surface area (Å²) in [4.78, 5) is 0. The summed E-state index contributed by atoms with van der Waals surface area (Å²) in [6.07, 6.45) is 14.1. The lowest BCUT2D eigenvalue weighted by atomic mass is 10.0. The summed E-state index contributed by atoms with van der Waals surface area (Å²) >= 11 is 0. The molecule has 0 saturated carbocycles. The summed E-state index contributed by atoms with van der Waals surface area (Å²) in [6, 6.07) is 0. The highest BCUT2D eigenvalue weighted by Gasteiger charge is 2.02. The van der Waals surface area contributed by atoms with Crippen LogP contribution in [0.3, 0.4) is 0 Å². The van der Waals surface area contributed by atoms with E-state index in [1.807, 2.05) is 6.08 Å². The van der Waals surface area contributed by atoms with Gasteiger partial charge in [-0.3, -0.25) is 0 Å². The van der Waals surface area contributed by atoms with Gasteiger partial charge in [0.05, 0.1) is 0 Å². The van der Waals surface area contributed by atoms with Gasteiger partial charge in [-0.15, -0.1) is 0 Å². The monoisotopic (exact) mass is 160 g/mol. The van der Waals surface area contributed by atoms with Crippen LogP contribution in [0.25, 0.3) is 0 Å². The Morgan fingerprint density at radius 1 is 1.67 bits per heavy atom. The Hall–Kier alpha value is -1.04. The number of hydrogen-bond acceptors (Lipinski definition) is 0. The topological polar surface area (TPSA) is 0 Å². The van der Waals surface area contributed by atoms with Crippen LogP contribution in [0.1, 0.15) is 26.2 Å². The minimum Gasteiger partial charge on any atom is -0.0991 e. The van der Waals surface area contributed by atoms with Gasteiger partial charge < -0.3 is 0 Å². The first-order chi connectivity index (χ1) is 5.88. The Balaban J connectivity index is 2.71. The van der Waals surface area contributed by atoms with Gasteiger partial charge in [-0.1, -0.05) is 50.3 Å². The van der Waals surface area contributed by atoms with Crippen molar-refractivity contribution in [3.63, 3.8) is 0 Å². The molecule has 64 valence electrons. The van der Waals surface area contributed by atoms with Gasteiger partial charge in [0, 0.05) is 0 Å². The second kappa shape index (κ2) is 4.76. The van der Waals surface area contributed by atoms with Gasteiger partial charge in [-0.25, -0.2) is 0 Å². The van der Waals surface area contributed by atoms with Crippen LogP contribution >= 0.6 is 0 Å². The van der Waals surface area contributed by atoms with Gasteiger partial charge in [0.1, 0.15) is 0 Å². The first-order valence-corrected chi connectivity index (χ1v) is 4.57. The predicted octanol–water partition coefficient (Wildman–Crippen LogP) is 3.79. The van der Waals surface area contributed by atoms with Gasteiger partial charge in [0.25, 0.3) is 0 Å². The largest absolute Gasteiger partial charge is 0.0991 e. The molecule has 0 heteroatoms. The first-order valence-electron chi connectivity index (χ1n) is 4.57. The number of allylic oxidation sites excluding steroid dienone is 7. The zero-order chi connectivity index (χ0) is 8.81. The fourth-order valence-electron chi connectivity index (χ4n) is 1.43. The third kappa shape index (κ3) is 2.23. The van der Waals surface area contributed by atoms with E-state index in [9.17, 15) is 0 Å². The Bertz CT molecular complexity index is 239. The number of rotatable bonds is 4. The van der Waals surface area contributed by atoms with E-state index in [-0.39, 0.29) is 0 Å². The van der Waals surface area contributed by atoms with E-state index >= 15 is 0 Å². The summed E-state index contributed by atoms with van der Waals surface area (Å²) in [5.41, 5.74) is 2.80. The van der Waals surface area contributed by atoms with Crippen LogP contribution in [0.15, 0.2) is 48.1 Å². The third-order valence-electron chi connectivity index (χ3n) is 1.98. The molecule has 0 amide bonds. The maximum absolute atomic E-state index is 3.73. The van der Waals surface area contributed by atoms with Crippen LogP contribution in [0.2, 0.25) is 0 Å². The molecule has 12 heavy (non-hydrogen) atoms. The van der Waals surface area contributed by atoms with Crippen LogP contribution in [-0.2, 0) is 0 Å². The molecule has 1 rings (SSSR count). The summed E-state index contributed by atoms with van der Waals surface area (Å²) in [7, 11) is 0. The first kappa shape index (κ1) is 9.05. The lowest BCUT2D eigenvalue weighted by molar-refractivity contribution is 0.918. The van der Waals surface area contributed by atoms with Crippen molar-refractivity contribution >= 4 is 0 Å². The Morgan fingerprint density at radius 2 is 2.50 bits per heavy atom. The molecule has 0 N–H and O–H groups in total. The van der Waals surface area contributed by atoms with Crippen molar-refractivity contribution in [1.82, 2.24) is 0 Å². The molecule has 0 atom stereocenters. The van der Waals surface area contributed by atoms with Crippen LogP contribution in [0.5, 0.6) is 0 Å². The molecule has 0 aromatic rings. The molecule has 0 nitrogen and oxygen atoms in total. The van der Waals surface area contributed by atoms with Crippen molar-refractivity contribution in [3.8, 4) is 0 Å². The fraction of sp³-hybridized carbons (Fsp3) is 0.333. The van der Waals surface area contributed by atoms with Gasteiger partial charge in [0.15, 0.2) is 0 Å². The second-order valence-electron chi connectivity index (χ2n) is 2.98. The van der Waals surface area contributed by atoms with Crippen molar-refractivity contribution in [2.24, 2.45) is 0 Å². The minimum atomic E-state index is 1.09. The zero-order valence-corrected chi connectivity index (χ0v) is 7.72. The Kier molecular flexibility index (Phi) is 3.59. The molecule has 0 radical (unpaired) electrons. The molecule has 0 aliphatic heterocycles. The second-order valence-corrected chi connectivity index (χ2v) is 2.98. The molecule has 0 fully saturated rings. The van der Waals surface area contributed by atoms with Crippen LogP contribution in [0, 0.1) is 0 Å². The van der Waals surface area contributed by atoms with E-state index in [0.29, 0.717) is 0 Å². The highest BCUT2D eigenvalue weighted by Crippen LogP contribution is 2.21. The summed E-state index contributed by atoms with van der Waals surface area (Å²) in [5.74, 6) is 0. The van der Waals surface area contributed by atoms with Gasteiger partial charge in [0.2, 0.25) is 0 Å². The molecule has 0 bridgehead atoms. The molecule has 0 unspecified atom stereocenters. The average molecular weight is 160 g/mol. The van der Waals surface area contributed by atoms with Crippen molar-refractivity contribution in [2.75, 3.05) is 0 Å². The van der Waals surface area contributed by atoms with Crippen molar-refractivity contribution < 1.29 is 0 Å². The van der Waals surface area contributed by atoms with Crippen molar-refractivity contribution in [1.29, 1.82) is 0 Å². The van der Waals surface area contributed by atoms with Crippen LogP contribution < -0.4 is 0 Å². The maximum atomic E-state index is 3.73. The van der Waals surface area contributed by atoms with E-state index < -0.39 is 0 Å². The fourth-order valence-corrected chi connectivity index (χ4v) is 1.43. The van der Waals surface area contributed by atoms with Gasteiger partial charge in [-0.2, -0.15) is 0 Å². The predicted molar refractivity (Wildman–Crippen MR) is 55.0 cm³/mol. The molecule has 1 aliphatic rings. The van der Waals surface area contributed by atoms with E-state index in [4.69, 9.17) is 0 Å². The van der Waals surface area contributed by atoms with Gasteiger partial charge >= 0.3 is 0 Å². The van der Waals surface area contributed by atoms with E-state index in [0.717, 1.165) is 12.8 Å². The maximum Gasteiger partial charge on any atom is -0.0157 e. The molecule has 0 saturated heterocycles. The summed E-state index contributed by atoms with van der Waals surface area (Å²) in [6.45, 7) is 5.93. The zero-order valence-electron chi connectivity index (χ0n) is 7.72. The van der Waals surface area contributed by atoms with Crippen molar-refractivity contribution in [2.45, 2.75) is 26.2 Å². The smallest absolute Gasteiger partial charge is 0.0157 e. The summed E-state index contributed by atoms with van der Waals surface area (Å²) in [5, 5.41) is 0. The standard InChI is InChI=1S/C12H16/c1-3-7-11(8-4-2)12-9-5-6-10-12/h3,5,7,9-10H,1,4,6,8H2,2H3/b11-7+. The van der Waals surface area contributed by atoms with E-state index in [1.54, 1.807) is 0 Å². The molecule has 0 aromatic carbocycles. The highest BCUT2D eigenvalue weighted by molar-refractivity contribution is 5.44. The van der Waals surface area contributed by atoms with Crippen LogP contribution in [0.4, 0.5) is 0 Å². The van der Waals surface area contributed by atoms with Crippen LogP contribution in [-0.4, -0.2) is 0 Å². The lowest BCUT2D eigenvalue weighted by Crippen LogP contribution is -1.84. The molecule has 0 heterocycles. The average Bonchev–Trinajstić information content (AvgIpc) is 2.56. The number of hydrogen-bond donors (Lipinski definition) is 0. The lowest BCUT2D eigenvalue weighted by Gasteiger charge is -2.03. The molecular formula is C12H16. The molecular weight excluding hydrogens is 144 g/mol. The quantitative estimate of drug-likeness (QED) is 0.549. The SMILES string of the molecule is C=C/C=C(\CCC)C1=CCC=C1. The van der Waals surface area contributed by atoms with E-state index in [1.165, 1.54) is 17.6 Å². The molecule has 0 aromatic heterocycles. The Labute approximate surface area is 75.0 Å². The third-order valence-corrected chi connectivity index (χ3v) is 1.98. The normalized spacial score (nSPS) is 16.4. The Morgan fingerprint density at radius 3 is 3.00 bits per heavy atom. The summed E-state index contributed by atoms with van der Waals surface area (Å²) < 4.78 is 0. The highest BCUT2D eigenvalue weighted by atomic mass is 14.1.